The van der Waals surface area contributed by atoms with E-state index in [1.165, 1.54) is 24.0 Å². The topological polar surface area (TPSA) is 51.1 Å². The highest BCUT2D eigenvalue weighted by Crippen LogP contribution is 2.44. The molecule has 0 aromatic heterocycles. The zero-order chi connectivity index (χ0) is 25.9. The number of carbonyl (C=O) groups is 1. The Morgan fingerprint density at radius 2 is 1.97 bits per heavy atom. The molecule has 1 atom stereocenters. The Labute approximate surface area is 217 Å². The Hall–Kier alpha value is -2.82. The number of ether oxygens (including phenoxy) is 1. The van der Waals surface area contributed by atoms with Crippen molar-refractivity contribution in [1.29, 1.82) is 0 Å². The van der Waals surface area contributed by atoms with Gasteiger partial charge in [0.2, 0.25) is 0 Å². The molecule has 196 valence electrons. The number of nitrogens with zero attached hydrogens (tertiary/aromatic N) is 2. The molecule has 36 heavy (non-hydrogen) atoms. The summed E-state index contributed by atoms with van der Waals surface area (Å²) in [6.45, 7) is 14.0. The third kappa shape index (κ3) is 8.11. The second kappa shape index (κ2) is 14.1. The molecule has 1 heterocycles. The van der Waals surface area contributed by atoms with E-state index in [1.807, 2.05) is 13.8 Å². The van der Waals surface area contributed by atoms with Crippen LogP contribution >= 0.6 is 0 Å². The van der Waals surface area contributed by atoms with Crippen molar-refractivity contribution < 1.29 is 14.4 Å². The normalized spacial score (nSPS) is 22.6. The van der Waals surface area contributed by atoms with Crippen LogP contribution in [0.2, 0.25) is 0 Å². The van der Waals surface area contributed by atoms with Gasteiger partial charge in [0.25, 0.3) is 5.91 Å². The summed E-state index contributed by atoms with van der Waals surface area (Å²) in [6.07, 6.45) is 14.7. The van der Waals surface area contributed by atoms with Crippen molar-refractivity contribution in [2.45, 2.75) is 91.1 Å². The summed E-state index contributed by atoms with van der Waals surface area (Å²) < 4.78 is 6.52. The van der Waals surface area contributed by atoms with Crippen molar-refractivity contribution in [3.05, 3.63) is 65.3 Å². The monoisotopic (exact) mass is 492 g/mol. The lowest BCUT2D eigenvalue weighted by Crippen LogP contribution is -2.33. The Morgan fingerprint density at radius 1 is 1.19 bits per heavy atom. The fraction of sp³-hybridized carbons (Fsp3) is 0.548. The number of benzene rings is 1. The summed E-state index contributed by atoms with van der Waals surface area (Å²) >= 11 is 0. The quantitative estimate of drug-likeness (QED) is 0.285. The number of likely N-dealkylation sites (N-methyl/N-ethyl adjacent to an activating group) is 1. The van der Waals surface area contributed by atoms with Crippen LogP contribution in [0.4, 0.5) is 0 Å². The van der Waals surface area contributed by atoms with E-state index in [2.05, 4.69) is 62.0 Å². The van der Waals surface area contributed by atoms with Crippen LogP contribution in [0.3, 0.4) is 0 Å². The molecule has 1 aromatic rings. The van der Waals surface area contributed by atoms with Crippen LogP contribution in [-0.2, 0) is 20.8 Å². The first-order valence-corrected chi connectivity index (χ1v) is 13.7. The number of amides is 1. The molecule has 1 aliphatic heterocycles. The molecule has 1 saturated carbocycles. The van der Waals surface area contributed by atoms with E-state index in [4.69, 9.17) is 9.57 Å². The molecule has 3 rings (SSSR count). The largest absolute Gasteiger partial charge is 0.490 e. The molecule has 0 spiro atoms. The standard InChI is InChI=1S/C31H44N2O3/c1-6-13-28-16-11-9-10-14-23(4)20-27(32-35-22-30(34)33(7-2)8-3)21-26-15-12-17-29(25-18-19-25)31(26)24(5)36-28/h9,11-12,15,17,20,25,28H,5-8,10,13-14,16,18-19,21-22H2,1-4H3/b11-9+,23-20+,32-27-. The minimum Gasteiger partial charge on any atom is -0.490 e. The summed E-state index contributed by atoms with van der Waals surface area (Å²) in [4.78, 5) is 19.8. The van der Waals surface area contributed by atoms with Crippen molar-refractivity contribution in [2.24, 2.45) is 5.16 Å². The number of carbonyl (C=O) groups excluding carboxylic acids is 1. The van der Waals surface area contributed by atoms with Crippen LogP contribution in [0.15, 0.2) is 53.7 Å². The molecule has 5 nitrogen and oxygen atoms in total. The van der Waals surface area contributed by atoms with Gasteiger partial charge in [-0.25, -0.2) is 0 Å². The van der Waals surface area contributed by atoms with Gasteiger partial charge in [-0.2, -0.15) is 0 Å². The van der Waals surface area contributed by atoms with Crippen molar-refractivity contribution in [2.75, 3.05) is 19.7 Å². The van der Waals surface area contributed by atoms with Crippen LogP contribution in [0, 0.1) is 0 Å². The van der Waals surface area contributed by atoms with Gasteiger partial charge in [0, 0.05) is 31.5 Å². The zero-order valence-electron chi connectivity index (χ0n) is 22.7. The van der Waals surface area contributed by atoms with Gasteiger partial charge in [0.1, 0.15) is 11.9 Å². The maximum atomic E-state index is 12.4. The first-order valence-electron chi connectivity index (χ1n) is 13.7. The van der Waals surface area contributed by atoms with Crippen LogP contribution in [0.25, 0.3) is 5.76 Å². The lowest BCUT2D eigenvalue weighted by atomic mass is 9.92. The molecule has 1 aliphatic carbocycles. The third-order valence-corrected chi connectivity index (χ3v) is 6.94. The van der Waals surface area contributed by atoms with Crippen LogP contribution in [0.5, 0.6) is 0 Å². The van der Waals surface area contributed by atoms with Gasteiger partial charge in [-0.3, -0.25) is 4.79 Å². The minimum absolute atomic E-state index is 0.0451. The van der Waals surface area contributed by atoms with Gasteiger partial charge < -0.3 is 14.5 Å². The van der Waals surface area contributed by atoms with E-state index in [0.717, 1.165) is 54.7 Å². The van der Waals surface area contributed by atoms with Gasteiger partial charge in [-0.1, -0.05) is 61.0 Å². The molecule has 1 aromatic carbocycles. The summed E-state index contributed by atoms with van der Waals surface area (Å²) in [6, 6.07) is 6.50. The third-order valence-electron chi connectivity index (χ3n) is 6.94. The van der Waals surface area contributed by atoms with Gasteiger partial charge in [-0.05, 0) is 76.0 Å². The van der Waals surface area contributed by atoms with Crippen molar-refractivity contribution in [1.82, 2.24) is 4.90 Å². The second-order valence-electron chi connectivity index (χ2n) is 9.94. The van der Waals surface area contributed by atoms with E-state index in [1.54, 1.807) is 4.90 Å². The summed E-state index contributed by atoms with van der Waals surface area (Å²) in [7, 11) is 0. The molecule has 2 aliphatic rings. The number of rotatable bonds is 8. The van der Waals surface area contributed by atoms with Gasteiger partial charge >= 0.3 is 0 Å². The van der Waals surface area contributed by atoms with Crippen LogP contribution in [-0.4, -0.2) is 42.3 Å². The number of hydrogen-bond donors (Lipinski definition) is 0. The van der Waals surface area contributed by atoms with Crippen LogP contribution < -0.4 is 0 Å². The molecule has 0 radical (unpaired) electrons. The summed E-state index contributed by atoms with van der Waals surface area (Å²) in [5, 5.41) is 4.46. The molecule has 5 heteroatoms. The Bertz CT molecular complexity index is 984. The number of fused-ring (bicyclic) bond motifs is 1. The average Bonchev–Trinajstić information content (AvgIpc) is 3.69. The van der Waals surface area contributed by atoms with Crippen molar-refractivity contribution in [3.8, 4) is 0 Å². The molecule has 1 fully saturated rings. The number of allylic oxidation sites excluding steroid dienone is 3. The van der Waals surface area contributed by atoms with Gasteiger partial charge in [-0.15, -0.1) is 0 Å². The smallest absolute Gasteiger partial charge is 0.263 e. The van der Waals surface area contributed by atoms with E-state index in [0.29, 0.717) is 25.4 Å². The highest BCUT2D eigenvalue weighted by atomic mass is 16.6. The number of hydrogen-bond acceptors (Lipinski definition) is 4. The van der Waals surface area contributed by atoms with E-state index in [9.17, 15) is 4.79 Å². The first kappa shape index (κ1) is 27.8. The van der Waals surface area contributed by atoms with Crippen LogP contribution in [0.1, 0.15) is 95.2 Å². The zero-order valence-corrected chi connectivity index (χ0v) is 22.7. The summed E-state index contributed by atoms with van der Waals surface area (Å²) in [5.41, 5.74) is 5.66. The van der Waals surface area contributed by atoms with E-state index >= 15 is 0 Å². The van der Waals surface area contributed by atoms with Gasteiger partial charge in [0.15, 0.2) is 6.61 Å². The lowest BCUT2D eigenvalue weighted by molar-refractivity contribution is -0.135. The minimum atomic E-state index is -0.0513. The molecule has 0 bridgehead atoms. The first-order chi connectivity index (χ1) is 17.5. The molecule has 0 N–H and O–H groups in total. The predicted octanol–water partition coefficient (Wildman–Crippen LogP) is 7.19. The maximum Gasteiger partial charge on any atom is 0.263 e. The number of oxime groups is 1. The fourth-order valence-electron chi connectivity index (χ4n) is 4.83. The Balaban J connectivity index is 1.94. The molecule has 1 amide bonds. The SMILES string of the molecule is C=C1OC(CCC)C/C=C/CC/C(C)=C/C(=N/OCC(=O)N(CC)CC)Cc2cccc(C3CC3)c21. The summed E-state index contributed by atoms with van der Waals surface area (Å²) in [5.74, 6) is 1.29. The highest BCUT2D eigenvalue weighted by molar-refractivity contribution is 5.97. The Morgan fingerprint density at radius 3 is 2.67 bits per heavy atom. The van der Waals surface area contributed by atoms with Crippen molar-refractivity contribution >= 4 is 17.4 Å². The van der Waals surface area contributed by atoms with E-state index in [-0.39, 0.29) is 18.6 Å². The molecule has 0 saturated heterocycles. The molecule has 1 unspecified atom stereocenters. The molecular weight excluding hydrogens is 448 g/mol. The lowest BCUT2D eigenvalue weighted by Gasteiger charge is -2.23. The maximum absolute atomic E-state index is 12.4. The average molecular weight is 493 g/mol. The van der Waals surface area contributed by atoms with E-state index < -0.39 is 0 Å². The predicted molar refractivity (Wildman–Crippen MR) is 149 cm³/mol. The molecular formula is C31H44N2O3. The second-order valence-corrected chi connectivity index (χ2v) is 9.94. The van der Waals surface area contributed by atoms with Crippen molar-refractivity contribution in [3.63, 3.8) is 0 Å². The van der Waals surface area contributed by atoms with Gasteiger partial charge in [0.05, 0.1) is 5.71 Å². The fourth-order valence-corrected chi connectivity index (χ4v) is 4.83. The highest BCUT2D eigenvalue weighted by Gasteiger charge is 2.29. The Kier molecular flexibility index (Phi) is 10.8.